The van der Waals surface area contributed by atoms with Gasteiger partial charge in [-0.05, 0) is 26.0 Å². The second-order valence-electron chi connectivity index (χ2n) is 4.25. The molecule has 0 saturated carbocycles. The van der Waals surface area contributed by atoms with Gasteiger partial charge in [0.25, 0.3) is 5.91 Å². The van der Waals surface area contributed by atoms with Crippen LogP contribution >= 0.6 is 0 Å². The van der Waals surface area contributed by atoms with Crippen LogP contribution in [0.5, 0.6) is 0 Å². The Labute approximate surface area is 104 Å². The van der Waals surface area contributed by atoms with Crippen molar-refractivity contribution >= 4 is 11.8 Å². The molecule has 2 heterocycles. The first-order chi connectivity index (χ1) is 8.63. The van der Waals surface area contributed by atoms with Crippen LogP contribution in [0.1, 0.15) is 23.4 Å². The van der Waals surface area contributed by atoms with Crippen molar-refractivity contribution in [1.82, 2.24) is 10.2 Å². The first-order valence-corrected chi connectivity index (χ1v) is 5.83. The molecule has 98 valence electrons. The number of nitro groups is 1. The minimum Gasteiger partial charge on any atom is -0.395 e. The highest BCUT2D eigenvalue weighted by Gasteiger charge is 2.31. The second kappa shape index (κ2) is 5.18. The topological polar surface area (TPSA) is 88.6 Å². The molecular weight excluding hydrogens is 238 g/mol. The van der Waals surface area contributed by atoms with E-state index < -0.39 is 10.8 Å². The van der Waals surface area contributed by atoms with E-state index >= 15 is 0 Å². The summed E-state index contributed by atoms with van der Waals surface area (Å²) in [6, 6.07) is 2.69. The average molecular weight is 253 g/mol. The number of rotatable bonds is 4. The zero-order chi connectivity index (χ0) is 13.1. The minimum atomic E-state index is -0.647. The van der Waals surface area contributed by atoms with Crippen LogP contribution in [0, 0.1) is 10.1 Å². The molecule has 0 bridgehead atoms. The van der Waals surface area contributed by atoms with Gasteiger partial charge in [-0.25, -0.2) is 0 Å². The molecule has 1 N–H and O–H groups in total. The predicted molar refractivity (Wildman–Crippen MR) is 63.3 cm³/mol. The quantitative estimate of drug-likeness (QED) is 0.639. The summed E-state index contributed by atoms with van der Waals surface area (Å²) in [6.45, 7) is 1.38. The molecule has 0 aliphatic carbocycles. The highest BCUT2D eigenvalue weighted by Crippen LogP contribution is 2.22. The van der Waals surface area contributed by atoms with Gasteiger partial charge < -0.3 is 14.6 Å². The van der Waals surface area contributed by atoms with E-state index in [1.165, 1.54) is 12.1 Å². The fourth-order valence-electron chi connectivity index (χ4n) is 2.23. The number of likely N-dealkylation sites (tertiary alicyclic amines) is 1. The molecule has 1 aliphatic heterocycles. The number of nitrogens with zero attached hydrogens (tertiary/aromatic N) is 2. The number of carbonyl (C=O) groups excluding carboxylic acids is 1. The molecule has 1 atom stereocenters. The van der Waals surface area contributed by atoms with Crippen molar-refractivity contribution in [1.29, 1.82) is 0 Å². The summed E-state index contributed by atoms with van der Waals surface area (Å²) in [6.07, 6.45) is 1.89. The van der Waals surface area contributed by atoms with Crippen LogP contribution in [-0.4, -0.2) is 41.9 Å². The Morgan fingerprint density at radius 2 is 2.44 bits per heavy atom. The molecule has 0 radical (unpaired) electrons. The van der Waals surface area contributed by atoms with Crippen LogP contribution in [0.25, 0.3) is 0 Å². The molecule has 2 rings (SSSR count). The molecule has 18 heavy (non-hydrogen) atoms. The van der Waals surface area contributed by atoms with Gasteiger partial charge in [0.05, 0.1) is 6.07 Å². The Morgan fingerprint density at radius 3 is 3.06 bits per heavy atom. The van der Waals surface area contributed by atoms with Crippen molar-refractivity contribution in [2.75, 3.05) is 20.1 Å². The first-order valence-electron chi connectivity index (χ1n) is 5.83. The Balaban J connectivity index is 2.12. The van der Waals surface area contributed by atoms with Crippen LogP contribution in [0.15, 0.2) is 16.5 Å². The van der Waals surface area contributed by atoms with Gasteiger partial charge in [0.15, 0.2) is 5.76 Å². The summed E-state index contributed by atoms with van der Waals surface area (Å²) < 4.78 is 4.94. The Hall–Kier alpha value is -1.89. The van der Waals surface area contributed by atoms with E-state index in [0.29, 0.717) is 13.1 Å². The molecule has 0 aromatic carbocycles. The molecule has 7 nitrogen and oxygen atoms in total. The first kappa shape index (κ1) is 12.6. The maximum Gasteiger partial charge on any atom is 0.433 e. The van der Waals surface area contributed by atoms with Crippen molar-refractivity contribution in [3.8, 4) is 0 Å². The Morgan fingerprint density at radius 1 is 1.67 bits per heavy atom. The summed E-state index contributed by atoms with van der Waals surface area (Å²) in [5.74, 6) is -0.645. The Kier molecular flexibility index (Phi) is 3.61. The van der Waals surface area contributed by atoms with Gasteiger partial charge in [-0.15, -0.1) is 0 Å². The summed E-state index contributed by atoms with van der Waals surface area (Å²) in [5.41, 5.74) is 0. The van der Waals surface area contributed by atoms with Gasteiger partial charge in [-0.1, -0.05) is 0 Å². The molecule has 1 aromatic heterocycles. The Bertz CT molecular complexity index is 457. The van der Waals surface area contributed by atoms with E-state index in [-0.39, 0.29) is 17.7 Å². The molecule has 1 aliphatic rings. The summed E-state index contributed by atoms with van der Waals surface area (Å²) in [4.78, 5) is 23.7. The van der Waals surface area contributed by atoms with E-state index in [1.807, 2.05) is 7.05 Å². The monoisotopic (exact) mass is 253 g/mol. The number of likely N-dealkylation sites (N-methyl/N-ethyl adjacent to an activating group) is 1. The van der Waals surface area contributed by atoms with Crippen molar-refractivity contribution in [2.24, 2.45) is 0 Å². The highest BCUT2D eigenvalue weighted by atomic mass is 16.6. The van der Waals surface area contributed by atoms with E-state index in [0.717, 1.165) is 12.8 Å². The number of furan rings is 1. The number of hydrogen-bond acceptors (Lipinski definition) is 5. The van der Waals surface area contributed by atoms with Crippen molar-refractivity contribution in [3.05, 3.63) is 28.0 Å². The third kappa shape index (κ3) is 2.35. The number of amides is 1. The van der Waals surface area contributed by atoms with Gasteiger partial charge in [-0.2, -0.15) is 0 Å². The number of nitrogens with one attached hydrogen (secondary N) is 1. The van der Waals surface area contributed by atoms with Crippen molar-refractivity contribution < 1.29 is 14.1 Å². The third-order valence-corrected chi connectivity index (χ3v) is 3.06. The number of carbonyl (C=O) groups is 1. The van der Waals surface area contributed by atoms with E-state index in [4.69, 9.17) is 4.42 Å². The zero-order valence-corrected chi connectivity index (χ0v) is 10.1. The van der Waals surface area contributed by atoms with Crippen molar-refractivity contribution in [3.63, 3.8) is 0 Å². The lowest BCUT2D eigenvalue weighted by Crippen LogP contribution is -2.40. The van der Waals surface area contributed by atoms with E-state index in [2.05, 4.69) is 5.32 Å². The molecule has 0 spiro atoms. The maximum absolute atomic E-state index is 12.1. The van der Waals surface area contributed by atoms with Gasteiger partial charge in [0.2, 0.25) is 0 Å². The lowest BCUT2D eigenvalue weighted by atomic mass is 10.2. The predicted octanol–water partition coefficient (Wildman–Crippen LogP) is 1.01. The van der Waals surface area contributed by atoms with Crippen LogP contribution < -0.4 is 5.32 Å². The highest BCUT2D eigenvalue weighted by molar-refractivity contribution is 5.92. The normalized spacial score (nSPS) is 19.2. The van der Waals surface area contributed by atoms with Crippen LogP contribution in [0.4, 0.5) is 5.88 Å². The van der Waals surface area contributed by atoms with E-state index in [9.17, 15) is 14.9 Å². The summed E-state index contributed by atoms with van der Waals surface area (Å²) in [5, 5.41) is 13.5. The lowest BCUT2D eigenvalue weighted by Gasteiger charge is -2.23. The van der Waals surface area contributed by atoms with Crippen LogP contribution in [0.3, 0.4) is 0 Å². The fraction of sp³-hybridized carbons (Fsp3) is 0.545. The fourth-order valence-corrected chi connectivity index (χ4v) is 2.23. The molecular formula is C11H15N3O4. The van der Waals surface area contributed by atoms with Crippen LogP contribution in [-0.2, 0) is 0 Å². The minimum absolute atomic E-state index is 0.0321. The third-order valence-electron chi connectivity index (χ3n) is 3.06. The molecule has 1 amide bonds. The molecule has 1 aromatic rings. The van der Waals surface area contributed by atoms with Crippen LogP contribution in [0.2, 0.25) is 0 Å². The molecule has 7 heteroatoms. The lowest BCUT2D eigenvalue weighted by molar-refractivity contribution is -0.402. The van der Waals surface area contributed by atoms with Gasteiger partial charge >= 0.3 is 5.88 Å². The maximum atomic E-state index is 12.1. The van der Waals surface area contributed by atoms with E-state index in [1.54, 1.807) is 4.90 Å². The average Bonchev–Trinajstić information content (AvgIpc) is 2.97. The van der Waals surface area contributed by atoms with Gasteiger partial charge in [0.1, 0.15) is 4.92 Å². The molecule has 1 fully saturated rings. The molecule has 1 saturated heterocycles. The summed E-state index contributed by atoms with van der Waals surface area (Å²) in [7, 11) is 1.83. The zero-order valence-electron chi connectivity index (χ0n) is 10.1. The number of hydrogen-bond donors (Lipinski definition) is 1. The van der Waals surface area contributed by atoms with Gasteiger partial charge in [0, 0.05) is 19.1 Å². The van der Waals surface area contributed by atoms with Gasteiger partial charge in [-0.3, -0.25) is 14.9 Å². The van der Waals surface area contributed by atoms with Crippen molar-refractivity contribution in [2.45, 2.75) is 18.9 Å². The largest absolute Gasteiger partial charge is 0.433 e. The SMILES string of the molecule is CNCC1CCCN1C(=O)c1ccc([N+](=O)[O-])o1. The standard InChI is InChI=1S/C11H15N3O4/c1-12-7-8-3-2-6-13(8)11(15)9-4-5-10(18-9)14(16)17/h4-5,8,12H,2-3,6-7H2,1H3. The molecule has 1 unspecified atom stereocenters. The summed E-state index contributed by atoms with van der Waals surface area (Å²) >= 11 is 0. The second-order valence-corrected chi connectivity index (χ2v) is 4.25. The smallest absolute Gasteiger partial charge is 0.395 e.